The van der Waals surface area contributed by atoms with Gasteiger partial charge >= 0.3 is 12.1 Å². The minimum atomic E-state index is -4.48. The molecule has 1 aliphatic heterocycles. The largest absolute Gasteiger partial charge is 0.478 e. The molecule has 1 fully saturated rings. The number of carbonyl (C=O) groups excluding carboxylic acids is 2. The van der Waals surface area contributed by atoms with Crippen molar-refractivity contribution in [3.63, 3.8) is 0 Å². The van der Waals surface area contributed by atoms with Gasteiger partial charge in [0, 0.05) is 12.1 Å². The number of thioether (sulfide) groups is 1. The summed E-state index contributed by atoms with van der Waals surface area (Å²) >= 11 is 1.06. The molecular formula is C26H20F3N3O4S. The van der Waals surface area contributed by atoms with Gasteiger partial charge in [0.1, 0.15) is 5.25 Å². The van der Waals surface area contributed by atoms with Crippen LogP contribution in [0.25, 0.3) is 0 Å². The number of aliphatic imine (C=N–C) groups is 1. The fraction of sp³-hybridized carbons (Fsp3) is 0.154. The average molecular weight is 528 g/mol. The average Bonchev–Trinajstić information content (AvgIpc) is 3.13. The maximum absolute atomic E-state index is 13.2. The number of amidine groups is 1. The summed E-state index contributed by atoms with van der Waals surface area (Å²) in [5.74, 6) is -1.90. The number of hydrogen-bond donors (Lipinski definition) is 2. The highest BCUT2D eigenvalue weighted by Gasteiger charge is 2.39. The molecule has 37 heavy (non-hydrogen) atoms. The van der Waals surface area contributed by atoms with Gasteiger partial charge in [-0.2, -0.15) is 13.2 Å². The fourth-order valence-corrected chi connectivity index (χ4v) is 4.71. The van der Waals surface area contributed by atoms with Crippen molar-refractivity contribution in [3.05, 3.63) is 95.6 Å². The molecule has 0 aliphatic carbocycles. The molecule has 4 rings (SSSR count). The molecule has 2 amide bonds. The van der Waals surface area contributed by atoms with Crippen LogP contribution in [0.1, 0.15) is 27.9 Å². The molecular weight excluding hydrogens is 507 g/mol. The van der Waals surface area contributed by atoms with E-state index >= 15 is 0 Å². The second kappa shape index (κ2) is 10.9. The Bertz CT molecular complexity index is 1330. The molecule has 0 spiro atoms. The number of carbonyl (C=O) groups is 3. The number of aromatic carboxylic acids is 1. The molecule has 7 nitrogen and oxygen atoms in total. The summed E-state index contributed by atoms with van der Waals surface area (Å²) in [5, 5.41) is 11.1. The van der Waals surface area contributed by atoms with Crippen molar-refractivity contribution in [1.82, 2.24) is 4.90 Å². The van der Waals surface area contributed by atoms with Gasteiger partial charge in [-0.05, 0) is 54.1 Å². The minimum Gasteiger partial charge on any atom is -0.478 e. The standard InChI is InChI=1S/C26H20F3N3O4S/c27-26(28,29)18-8-12-20(13-9-18)31-25-32(15-16-4-2-1-3-5-16)23(34)21(37-25)14-22(33)30-19-10-6-17(7-11-19)24(35)36/h1-13,21H,14-15H2,(H,30,33)(H,35,36)/t21-/m1/s1. The van der Waals surface area contributed by atoms with E-state index in [-0.39, 0.29) is 35.3 Å². The number of nitrogens with zero attached hydrogens (tertiary/aromatic N) is 2. The number of nitrogens with one attached hydrogen (secondary N) is 1. The zero-order chi connectivity index (χ0) is 26.6. The van der Waals surface area contributed by atoms with Crippen molar-refractivity contribution in [2.75, 3.05) is 5.32 Å². The van der Waals surface area contributed by atoms with E-state index in [0.717, 1.165) is 29.5 Å². The van der Waals surface area contributed by atoms with E-state index in [1.807, 2.05) is 30.3 Å². The van der Waals surface area contributed by atoms with Gasteiger partial charge in [0.05, 0.1) is 23.4 Å². The molecule has 3 aromatic carbocycles. The van der Waals surface area contributed by atoms with E-state index in [1.165, 1.54) is 41.3 Å². The third-order valence-electron chi connectivity index (χ3n) is 5.41. The van der Waals surface area contributed by atoms with Crippen LogP contribution in [-0.4, -0.2) is 38.2 Å². The van der Waals surface area contributed by atoms with E-state index in [0.29, 0.717) is 5.69 Å². The molecule has 0 aromatic heterocycles. The van der Waals surface area contributed by atoms with Crippen LogP contribution < -0.4 is 5.32 Å². The van der Waals surface area contributed by atoms with Gasteiger partial charge in [0.15, 0.2) is 5.17 Å². The molecule has 190 valence electrons. The molecule has 1 aliphatic rings. The molecule has 1 saturated heterocycles. The smallest absolute Gasteiger partial charge is 0.416 e. The fourth-order valence-electron chi connectivity index (χ4n) is 3.55. The Labute approximate surface area is 214 Å². The normalized spacial score (nSPS) is 16.7. The number of benzene rings is 3. The van der Waals surface area contributed by atoms with Crippen LogP contribution in [0.15, 0.2) is 83.9 Å². The third-order valence-corrected chi connectivity index (χ3v) is 6.58. The molecule has 1 atom stereocenters. The second-order valence-corrected chi connectivity index (χ2v) is 9.26. The first-order valence-electron chi connectivity index (χ1n) is 11.0. The summed E-state index contributed by atoms with van der Waals surface area (Å²) in [4.78, 5) is 42.7. The number of alkyl halides is 3. The number of anilines is 1. The monoisotopic (exact) mass is 527 g/mol. The van der Waals surface area contributed by atoms with Crippen molar-refractivity contribution in [3.8, 4) is 0 Å². The minimum absolute atomic E-state index is 0.0696. The molecule has 3 aromatic rings. The second-order valence-electron chi connectivity index (χ2n) is 8.09. The van der Waals surface area contributed by atoms with Gasteiger partial charge in [-0.3, -0.25) is 14.5 Å². The third kappa shape index (κ3) is 6.56. The van der Waals surface area contributed by atoms with Gasteiger partial charge in [0.25, 0.3) is 0 Å². The lowest BCUT2D eigenvalue weighted by atomic mass is 10.2. The summed E-state index contributed by atoms with van der Waals surface area (Å²) in [6, 6.07) is 19.0. The number of halogens is 3. The number of rotatable bonds is 7. The highest BCUT2D eigenvalue weighted by atomic mass is 32.2. The zero-order valence-electron chi connectivity index (χ0n) is 19.1. The highest BCUT2D eigenvalue weighted by Crippen LogP contribution is 2.34. The molecule has 0 unspecified atom stereocenters. The quantitative estimate of drug-likeness (QED) is 0.419. The van der Waals surface area contributed by atoms with Crippen molar-refractivity contribution in [1.29, 1.82) is 0 Å². The first-order valence-corrected chi connectivity index (χ1v) is 11.9. The summed E-state index contributed by atoms with van der Waals surface area (Å²) in [6.45, 7) is 0.181. The summed E-state index contributed by atoms with van der Waals surface area (Å²) in [7, 11) is 0. The Balaban J connectivity index is 1.52. The van der Waals surface area contributed by atoms with E-state index in [4.69, 9.17) is 5.11 Å². The molecule has 0 radical (unpaired) electrons. The van der Waals surface area contributed by atoms with E-state index in [1.54, 1.807) is 0 Å². The Kier molecular flexibility index (Phi) is 7.63. The maximum Gasteiger partial charge on any atom is 0.416 e. The van der Waals surface area contributed by atoms with Gasteiger partial charge in [-0.15, -0.1) is 0 Å². The topological polar surface area (TPSA) is 99.1 Å². The van der Waals surface area contributed by atoms with Crippen molar-refractivity contribution >= 4 is 46.1 Å². The van der Waals surface area contributed by atoms with Crippen LogP contribution in [0.3, 0.4) is 0 Å². The maximum atomic E-state index is 13.2. The Hall–Kier alpha value is -4.12. The van der Waals surface area contributed by atoms with Gasteiger partial charge in [-0.25, -0.2) is 9.79 Å². The van der Waals surface area contributed by atoms with Gasteiger partial charge in [0.2, 0.25) is 11.8 Å². The van der Waals surface area contributed by atoms with Crippen LogP contribution in [0.2, 0.25) is 0 Å². The number of hydrogen-bond acceptors (Lipinski definition) is 5. The number of amides is 2. The lowest BCUT2D eigenvalue weighted by molar-refractivity contribution is -0.137. The van der Waals surface area contributed by atoms with Crippen LogP contribution in [0.4, 0.5) is 24.5 Å². The van der Waals surface area contributed by atoms with Gasteiger partial charge in [-0.1, -0.05) is 42.1 Å². The molecule has 0 saturated carbocycles. The first kappa shape index (κ1) is 26.0. The number of carboxylic acid groups (broad SMARTS) is 1. The molecule has 2 N–H and O–H groups in total. The summed E-state index contributed by atoms with van der Waals surface area (Å²) < 4.78 is 38.7. The van der Waals surface area contributed by atoms with Crippen LogP contribution in [0, 0.1) is 0 Å². The van der Waals surface area contributed by atoms with Crippen LogP contribution >= 0.6 is 11.8 Å². The predicted molar refractivity (Wildman–Crippen MR) is 134 cm³/mol. The first-order chi connectivity index (χ1) is 17.6. The molecule has 1 heterocycles. The number of carboxylic acids is 1. The van der Waals surface area contributed by atoms with Gasteiger partial charge < -0.3 is 10.4 Å². The zero-order valence-corrected chi connectivity index (χ0v) is 19.9. The Morgan fingerprint density at radius 1 is 0.973 bits per heavy atom. The predicted octanol–water partition coefficient (Wildman–Crippen LogP) is 5.56. The summed E-state index contributed by atoms with van der Waals surface area (Å²) in [5.41, 5.74) is 0.703. The highest BCUT2D eigenvalue weighted by molar-refractivity contribution is 8.15. The molecule has 0 bridgehead atoms. The van der Waals surface area contributed by atoms with Crippen molar-refractivity contribution in [2.24, 2.45) is 4.99 Å². The Morgan fingerprint density at radius 3 is 2.22 bits per heavy atom. The Morgan fingerprint density at radius 2 is 1.62 bits per heavy atom. The van der Waals surface area contributed by atoms with Crippen LogP contribution in [-0.2, 0) is 22.3 Å². The van der Waals surface area contributed by atoms with Crippen LogP contribution in [0.5, 0.6) is 0 Å². The SMILES string of the molecule is O=C(C[C@H]1SC(=Nc2ccc(C(F)(F)F)cc2)N(Cc2ccccc2)C1=O)Nc1ccc(C(=O)O)cc1. The van der Waals surface area contributed by atoms with E-state index < -0.39 is 28.9 Å². The van der Waals surface area contributed by atoms with Crippen molar-refractivity contribution in [2.45, 2.75) is 24.4 Å². The molecule has 11 heteroatoms. The van der Waals surface area contributed by atoms with E-state index in [2.05, 4.69) is 10.3 Å². The lowest BCUT2D eigenvalue weighted by Gasteiger charge is -2.16. The lowest BCUT2D eigenvalue weighted by Crippen LogP contribution is -2.33. The summed E-state index contributed by atoms with van der Waals surface area (Å²) in [6.07, 6.45) is -4.66. The van der Waals surface area contributed by atoms with Crippen molar-refractivity contribution < 1.29 is 32.7 Å². The van der Waals surface area contributed by atoms with E-state index in [9.17, 15) is 27.6 Å².